The molecule has 1 N–H and O–H groups in total. The second kappa shape index (κ2) is 6.31. The molecule has 2 rings (SSSR count). The van der Waals surface area contributed by atoms with Crippen LogP contribution >= 0.6 is 0 Å². The number of aromatic nitrogens is 1. The Bertz CT molecular complexity index is 453. The van der Waals surface area contributed by atoms with Crippen molar-refractivity contribution in [1.82, 2.24) is 10.3 Å². The molecule has 2 aromatic rings. The fourth-order valence-corrected chi connectivity index (χ4v) is 1.84. The summed E-state index contributed by atoms with van der Waals surface area (Å²) in [6.07, 6.45) is 6.47. The lowest BCUT2D eigenvalue weighted by Crippen LogP contribution is -2.24. The van der Waals surface area contributed by atoms with Gasteiger partial charge in [-0.05, 0) is 43.1 Å². The normalized spacial score (nSPS) is 12.6. The van der Waals surface area contributed by atoms with Crippen LogP contribution in [0.2, 0.25) is 0 Å². The van der Waals surface area contributed by atoms with Crippen molar-refractivity contribution in [3.05, 3.63) is 54.0 Å². The van der Waals surface area contributed by atoms with Crippen LogP contribution in [0.1, 0.15) is 30.6 Å². The van der Waals surface area contributed by atoms with E-state index in [4.69, 9.17) is 4.42 Å². The molecule has 0 saturated heterocycles. The first-order valence-electron chi connectivity index (χ1n) is 6.15. The SMILES string of the molecule is CCCNC(Cc1ccoc1)c1ccc(F)cn1. The largest absolute Gasteiger partial charge is 0.472 e. The Hall–Kier alpha value is -1.68. The van der Waals surface area contributed by atoms with Gasteiger partial charge in [-0.15, -0.1) is 0 Å². The minimum Gasteiger partial charge on any atom is -0.472 e. The third-order valence-electron chi connectivity index (χ3n) is 2.77. The quantitative estimate of drug-likeness (QED) is 0.853. The molecule has 0 aromatic carbocycles. The molecule has 18 heavy (non-hydrogen) atoms. The molecule has 0 radical (unpaired) electrons. The average Bonchev–Trinajstić information content (AvgIpc) is 2.88. The second-order valence-corrected chi connectivity index (χ2v) is 4.24. The topological polar surface area (TPSA) is 38.1 Å². The van der Waals surface area contributed by atoms with E-state index >= 15 is 0 Å². The molecule has 1 unspecified atom stereocenters. The zero-order valence-corrected chi connectivity index (χ0v) is 10.4. The lowest BCUT2D eigenvalue weighted by atomic mass is 10.1. The summed E-state index contributed by atoms with van der Waals surface area (Å²) in [5, 5.41) is 3.42. The molecule has 0 saturated carbocycles. The number of nitrogens with zero attached hydrogens (tertiary/aromatic N) is 1. The Labute approximate surface area is 106 Å². The van der Waals surface area contributed by atoms with Crippen molar-refractivity contribution in [3.8, 4) is 0 Å². The van der Waals surface area contributed by atoms with Crippen molar-refractivity contribution in [2.75, 3.05) is 6.54 Å². The van der Waals surface area contributed by atoms with Gasteiger partial charge in [0.2, 0.25) is 0 Å². The van der Waals surface area contributed by atoms with Crippen LogP contribution in [0.3, 0.4) is 0 Å². The first-order valence-corrected chi connectivity index (χ1v) is 6.15. The Balaban J connectivity index is 2.11. The number of nitrogens with one attached hydrogen (secondary N) is 1. The van der Waals surface area contributed by atoms with Gasteiger partial charge >= 0.3 is 0 Å². The van der Waals surface area contributed by atoms with Crippen molar-refractivity contribution in [1.29, 1.82) is 0 Å². The highest BCUT2D eigenvalue weighted by Crippen LogP contribution is 2.17. The van der Waals surface area contributed by atoms with Crippen LogP contribution in [0.4, 0.5) is 4.39 Å². The fraction of sp³-hybridized carbons (Fsp3) is 0.357. The first kappa shape index (κ1) is 12.8. The highest BCUT2D eigenvalue weighted by Gasteiger charge is 2.13. The van der Waals surface area contributed by atoms with E-state index < -0.39 is 0 Å². The van der Waals surface area contributed by atoms with Crippen molar-refractivity contribution in [2.45, 2.75) is 25.8 Å². The van der Waals surface area contributed by atoms with Crippen LogP contribution in [-0.2, 0) is 6.42 Å². The predicted octanol–water partition coefficient (Wildman–Crippen LogP) is 3.10. The predicted molar refractivity (Wildman–Crippen MR) is 67.6 cm³/mol. The number of furan rings is 1. The first-order chi connectivity index (χ1) is 8.79. The van der Waals surface area contributed by atoms with Gasteiger partial charge in [0.1, 0.15) is 5.82 Å². The van der Waals surface area contributed by atoms with E-state index in [1.807, 2.05) is 6.07 Å². The van der Waals surface area contributed by atoms with Gasteiger partial charge in [-0.3, -0.25) is 4.98 Å². The molecule has 1 atom stereocenters. The van der Waals surface area contributed by atoms with Crippen LogP contribution in [0.5, 0.6) is 0 Å². The van der Waals surface area contributed by atoms with E-state index in [2.05, 4.69) is 17.2 Å². The van der Waals surface area contributed by atoms with E-state index in [1.54, 1.807) is 18.6 Å². The molecule has 0 bridgehead atoms. The summed E-state index contributed by atoms with van der Waals surface area (Å²) in [6, 6.07) is 5.19. The van der Waals surface area contributed by atoms with E-state index in [1.165, 1.54) is 12.3 Å². The Morgan fingerprint density at radius 3 is 2.89 bits per heavy atom. The molecule has 3 nitrogen and oxygen atoms in total. The van der Waals surface area contributed by atoms with Gasteiger partial charge in [0, 0.05) is 0 Å². The Kier molecular flexibility index (Phi) is 4.47. The maximum absolute atomic E-state index is 12.9. The van der Waals surface area contributed by atoms with Gasteiger partial charge in [0.25, 0.3) is 0 Å². The number of rotatable bonds is 6. The zero-order chi connectivity index (χ0) is 12.8. The summed E-state index contributed by atoms with van der Waals surface area (Å²) in [6.45, 7) is 3.02. The van der Waals surface area contributed by atoms with Crippen molar-refractivity contribution in [2.24, 2.45) is 0 Å². The van der Waals surface area contributed by atoms with Gasteiger partial charge in [-0.1, -0.05) is 6.92 Å². The molecule has 2 heterocycles. The molecule has 0 spiro atoms. The lowest BCUT2D eigenvalue weighted by Gasteiger charge is -2.17. The van der Waals surface area contributed by atoms with Crippen molar-refractivity contribution >= 4 is 0 Å². The van der Waals surface area contributed by atoms with Crippen LogP contribution < -0.4 is 5.32 Å². The standard InChI is InChI=1S/C14H17FN2O/c1-2-6-16-14(8-11-5-7-18-10-11)13-4-3-12(15)9-17-13/h3-5,7,9-10,14,16H,2,6,8H2,1H3. The number of hydrogen-bond acceptors (Lipinski definition) is 3. The molecular formula is C14H17FN2O. The number of pyridine rings is 1. The minimum absolute atomic E-state index is 0.0862. The zero-order valence-electron chi connectivity index (χ0n) is 10.4. The van der Waals surface area contributed by atoms with Gasteiger partial charge in [-0.25, -0.2) is 4.39 Å². The maximum Gasteiger partial charge on any atom is 0.141 e. The van der Waals surface area contributed by atoms with Gasteiger partial charge in [0.15, 0.2) is 0 Å². The van der Waals surface area contributed by atoms with E-state index in [9.17, 15) is 4.39 Å². The minimum atomic E-state index is -0.309. The summed E-state index contributed by atoms with van der Waals surface area (Å²) in [4.78, 5) is 4.14. The van der Waals surface area contributed by atoms with Crippen LogP contribution in [0.15, 0.2) is 41.3 Å². The van der Waals surface area contributed by atoms with Crippen LogP contribution in [-0.4, -0.2) is 11.5 Å². The lowest BCUT2D eigenvalue weighted by molar-refractivity contribution is 0.508. The molecule has 96 valence electrons. The molecule has 0 aliphatic rings. The van der Waals surface area contributed by atoms with Gasteiger partial charge in [0.05, 0.1) is 30.5 Å². The Morgan fingerprint density at radius 1 is 1.39 bits per heavy atom. The highest BCUT2D eigenvalue weighted by molar-refractivity contribution is 5.15. The summed E-state index contributed by atoms with van der Waals surface area (Å²) < 4.78 is 17.9. The molecule has 4 heteroatoms. The van der Waals surface area contributed by atoms with Crippen molar-refractivity contribution < 1.29 is 8.81 Å². The molecular weight excluding hydrogens is 231 g/mol. The van der Waals surface area contributed by atoms with E-state index in [-0.39, 0.29) is 11.9 Å². The molecule has 2 aromatic heterocycles. The fourth-order valence-electron chi connectivity index (χ4n) is 1.84. The second-order valence-electron chi connectivity index (χ2n) is 4.24. The van der Waals surface area contributed by atoms with Crippen LogP contribution in [0, 0.1) is 5.82 Å². The van der Waals surface area contributed by atoms with E-state index in [0.29, 0.717) is 0 Å². The summed E-state index contributed by atoms with van der Waals surface area (Å²) in [7, 11) is 0. The highest BCUT2D eigenvalue weighted by atomic mass is 19.1. The van der Waals surface area contributed by atoms with Gasteiger partial charge in [-0.2, -0.15) is 0 Å². The maximum atomic E-state index is 12.9. The van der Waals surface area contributed by atoms with Gasteiger partial charge < -0.3 is 9.73 Å². The molecule has 0 fully saturated rings. The monoisotopic (exact) mass is 248 g/mol. The molecule has 0 amide bonds. The third kappa shape index (κ3) is 3.40. The third-order valence-corrected chi connectivity index (χ3v) is 2.77. The van der Waals surface area contributed by atoms with Crippen LogP contribution in [0.25, 0.3) is 0 Å². The Morgan fingerprint density at radius 2 is 2.28 bits per heavy atom. The molecule has 0 aliphatic carbocycles. The number of hydrogen-bond donors (Lipinski definition) is 1. The van der Waals surface area contributed by atoms with E-state index in [0.717, 1.165) is 30.6 Å². The summed E-state index contributed by atoms with van der Waals surface area (Å²) in [5.74, 6) is -0.309. The number of halogens is 1. The summed E-state index contributed by atoms with van der Waals surface area (Å²) >= 11 is 0. The smallest absolute Gasteiger partial charge is 0.141 e. The summed E-state index contributed by atoms with van der Waals surface area (Å²) in [5.41, 5.74) is 1.96. The average molecular weight is 248 g/mol. The molecule has 0 aliphatic heterocycles. The van der Waals surface area contributed by atoms with Crippen molar-refractivity contribution in [3.63, 3.8) is 0 Å².